The fourth-order valence-corrected chi connectivity index (χ4v) is 4.95. The Morgan fingerprint density at radius 1 is 1.22 bits per heavy atom. The molecule has 9 heteroatoms. The average Bonchev–Trinajstić information content (AvgIpc) is 3.07. The average molecular weight is 453 g/mol. The second-order valence-corrected chi connectivity index (χ2v) is 8.71. The van der Waals surface area contributed by atoms with Gasteiger partial charge in [-0.3, -0.25) is 14.9 Å². The second-order valence-electron chi connectivity index (χ2n) is 8.71. The van der Waals surface area contributed by atoms with E-state index in [-0.39, 0.29) is 5.92 Å². The SMILES string of the molecule is COCCN1CCCc2[nH]nc(C(O)N3CCC(c4ccccc4C(F)(F)F)CC3)c2C1. The summed E-state index contributed by atoms with van der Waals surface area (Å²) in [6, 6.07) is 5.84. The summed E-state index contributed by atoms with van der Waals surface area (Å²) in [5, 5.41) is 18.6. The molecule has 1 unspecified atom stereocenters. The molecule has 1 saturated heterocycles. The van der Waals surface area contributed by atoms with E-state index in [4.69, 9.17) is 4.74 Å². The van der Waals surface area contributed by atoms with Crippen LogP contribution in [0.3, 0.4) is 0 Å². The number of aromatic nitrogens is 2. The van der Waals surface area contributed by atoms with Gasteiger partial charge in [-0.15, -0.1) is 0 Å². The second kappa shape index (κ2) is 9.91. The number of piperidine rings is 1. The molecule has 2 aliphatic heterocycles. The summed E-state index contributed by atoms with van der Waals surface area (Å²) in [7, 11) is 1.69. The summed E-state index contributed by atoms with van der Waals surface area (Å²) in [6.45, 7) is 4.18. The minimum Gasteiger partial charge on any atom is -0.383 e. The van der Waals surface area contributed by atoms with E-state index >= 15 is 0 Å². The molecule has 0 radical (unpaired) electrons. The van der Waals surface area contributed by atoms with Crippen LogP contribution in [-0.4, -0.2) is 65.0 Å². The molecule has 0 spiro atoms. The summed E-state index contributed by atoms with van der Waals surface area (Å²) in [4.78, 5) is 4.23. The molecular formula is C23H31F3N4O2. The maximum Gasteiger partial charge on any atom is 0.416 e. The van der Waals surface area contributed by atoms with Crippen molar-refractivity contribution in [3.8, 4) is 0 Å². The Hall–Kier alpha value is -1.94. The maximum atomic E-state index is 13.4. The number of H-pyrrole nitrogens is 1. The molecule has 2 aliphatic rings. The van der Waals surface area contributed by atoms with E-state index in [1.165, 1.54) is 6.07 Å². The molecule has 2 aromatic rings. The van der Waals surface area contributed by atoms with Crippen LogP contribution in [0, 0.1) is 0 Å². The maximum absolute atomic E-state index is 13.4. The van der Waals surface area contributed by atoms with E-state index in [0.29, 0.717) is 50.3 Å². The van der Waals surface area contributed by atoms with E-state index in [2.05, 4.69) is 15.1 Å². The fourth-order valence-electron chi connectivity index (χ4n) is 4.95. The summed E-state index contributed by atoms with van der Waals surface area (Å²) in [5.41, 5.74) is 2.55. The van der Waals surface area contributed by atoms with Gasteiger partial charge in [-0.25, -0.2) is 0 Å². The minimum atomic E-state index is -4.35. The van der Waals surface area contributed by atoms with Crippen molar-refractivity contribution in [3.05, 3.63) is 52.3 Å². The number of hydrogen-bond acceptors (Lipinski definition) is 5. The molecular weight excluding hydrogens is 421 g/mol. The van der Waals surface area contributed by atoms with Crippen LogP contribution in [0.1, 0.15) is 59.5 Å². The number of nitrogens with one attached hydrogen (secondary N) is 1. The number of ether oxygens (including phenoxy) is 1. The van der Waals surface area contributed by atoms with Crippen molar-refractivity contribution in [2.24, 2.45) is 0 Å². The van der Waals surface area contributed by atoms with Crippen LogP contribution in [0.2, 0.25) is 0 Å². The molecule has 0 aliphatic carbocycles. The highest BCUT2D eigenvalue weighted by atomic mass is 19.4. The van der Waals surface area contributed by atoms with Gasteiger partial charge < -0.3 is 9.84 Å². The molecule has 1 aromatic heterocycles. The number of fused-ring (bicyclic) bond motifs is 1. The minimum absolute atomic E-state index is 0.169. The van der Waals surface area contributed by atoms with Crippen molar-refractivity contribution in [1.82, 2.24) is 20.0 Å². The van der Waals surface area contributed by atoms with Gasteiger partial charge in [0.05, 0.1) is 12.2 Å². The quantitative estimate of drug-likeness (QED) is 0.700. The van der Waals surface area contributed by atoms with Gasteiger partial charge in [-0.05, 0) is 49.8 Å². The first-order valence-corrected chi connectivity index (χ1v) is 11.2. The van der Waals surface area contributed by atoms with E-state index in [0.717, 1.165) is 43.3 Å². The van der Waals surface area contributed by atoms with Crippen LogP contribution in [0.5, 0.6) is 0 Å². The van der Waals surface area contributed by atoms with Crippen molar-refractivity contribution in [2.75, 3.05) is 39.9 Å². The number of halogens is 3. The van der Waals surface area contributed by atoms with Crippen LogP contribution >= 0.6 is 0 Å². The Labute approximate surface area is 186 Å². The lowest BCUT2D eigenvalue weighted by molar-refractivity contribution is -0.138. The smallest absolute Gasteiger partial charge is 0.383 e. The number of aliphatic hydroxyl groups excluding tert-OH is 1. The Kier molecular flexibility index (Phi) is 7.19. The zero-order valence-electron chi connectivity index (χ0n) is 18.4. The lowest BCUT2D eigenvalue weighted by atomic mass is 9.86. The zero-order chi connectivity index (χ0) is 22.7. The lowest BCUT2D eigenvalue weighted by Gasteiger charge is -2.35. The molecule has 0 amide bonds. The van der Waals surface area contributed by atoms with Crippen molar-refractivity contribution < 1.29 is 23.0 Å². The van der Waals surface area contributed by atoms with Crippen molar-refractivity contribution in [2.45, 2.75) is 50.6 Å². The third kappa shape index (κ3) is 5.01. The molecule has 4 rings (SSSR count). The first-order valence-electron chi connectivity index (χ1n) is 11.2. The zero-order valence-corrected chi connectivity index (χ0v) is 18.4. The number of aryl methyl sites for hydroxylation is 1. The Balaban J connectivity index is 1.44. The van der Waals surface area contributed by atoms with Gasteiger partial charge in [0.25, 0.3) is 0 Å². The first-order chi connectivity index (χ1) is 15.4. The standard InChI is InChI=1S/C23H31F3N4O2/c1-32-14-13-29-10-4-7-20-18(15-29)21(28-27-20)22(31)30-11-8-16(9-12-30)17-5-2-3-6-19(17)23(24,25)26/h2-3,5-6,16,22,31H,4,7-15H2,1H3,(H,27,28). The molecule has 1 aromatic carbocycles. The predicted molar refractivity (Wildman–Crippen MR) is 114 cm³/mol. The van der Waals surface area contributed by atoms with Gasteiger partial charge in [0.15, 0.2) is 6.23 Å². The van der Waals surface area contributed by atoms with E-state index in [9.17, 15) is 18.3 Å². The Morgan fingerprint density at radius 3 is 2.69 bits per heavy atom. The molecule has 2 N–H and O–H groups in total. The number of aliphatic hydroxyl groups is 1. The van der Waals surface area contributed by atoms with Crippen molar-refractivity contribution in [3.63, 3.8) is 0 Å². The van der Waals surface area contributed by atoms with Crippen LogP contribution in [-0.2, 0) is 23.9 Å². The molecule has 176 valence electrons. The summed E-state index contributed by atoms with van der Waals surface area (Å²) < 4.78 is 45.5. The summed E-state index contributed by atoms with van der Waals surface area (Å²) in [6.07, 6.45) is -2.19. The highest BCUT2D eigenvalue weighted by molar-refractivity contribution is 5.33. The lowest BCUT2D eigenvalue weighted by Crippen LogP contribution is -2.37. The normalized spacial score (nSPS) is 20.2. The summed E-state index contributed by atoms with van der Waals surface area (Å²) in [5.74, 6) is -0.169. The largest absolute Gasteiger partial charge is 0.416 e. The van der Waals surface area contributed by atoms with Gasteiger partial charge in [-0.1, -0.05) is 18.2 Å². The summed E-state index contributed by atoms with van der Waals surface area (Å²) >= 11 is 0. The molecule has 6 nitrogen and oxygen atoms in total. The number of benzene rings is 1. The van der Waals surface area contributed by atoms with E-state index in [1.807, 2.05) is 4.90 Å². The third-order valence-corrected chi connectivity index (χ3v) is 6.71. The number of likely N-dealkylation sites (tertiary alicyclic amines) is 1. The number of methoxy groups -OCH3 is 1. The van der Waals surface area contributed by atoms with Crippen LogP contribution in [0.25, 0.3) is 0 Å². The van der Waals surface area contributed by atoms with Gasteiger partial charge >= 0.3 is 6.18 Å². The molecule has 32 heavy (non-hydrogen) atoms. The van der Waals surface area contributed by atoms with Crippen molar-refractivity contribution >= 4 is 0 Å². The monoisotopic (exact) mass is 452 g/mol. The molecule has 1 atom stereocenters. The van der Waals surface area contributed by atoms with Gasteiger partial charge in [0.2, 0.25) is 0 Å². The van der Waals surface area contributed by atoms with Crippen molar-refractivity contribution in [1.29, 1.82) is 0 Å². The molecule has 3 heterocycles. The Morgan fingerprint density at radius 2 is 1.97 bits per heavy atom. The number of alkyl halides is 3. The van der Waals surface area contributed by atoms with Gasteiger partial charge in [0, 0.05) is 44.5 Å². The number of rotatable bonds is 6. The van der Waals surface area contributed by atoms with Gasteiger partial charge in [0.1, 0.15) is 5.69 Å². The first kappa shape index (κ1) is 23.2. The highest BCUT2D eigenvalue weighted by Gasteiger charge is 2.37. The third-order valence-electron chi connectivity index (χ3n) is 6.71. The topological polar surface area (TPSA) is 64.6 Å². The van der Waals surface area contributed by atoms with E-state index < -0.39 is 18.0 Å². The molecule has 0 saturated carbocycles. The predicted octanol–water partition coefficient (Wildman–Crippen LogP) is 3.69. The molecule has 0 bridgehead atoms. The van der Waals surface area contributed by atoms with Crippen LogP contribution < -0.4 is 0 Å². The number of hydrogen-bond donors (Lipinski definition) is 2. The highest BCUT2D eigenvalue weighted by Crippen LogP contribution is 2.39. The fraction of sp³-hybridized carbons (Fsp3) is 0.609. The van der Waals surface area contributed by atoms with Crippen LogP contribution in [0.15, 0.2) is 24.3 Å². The molecule has 1 fully saturated rings. The van der Waals surface area contributed by atoms with Gasteiger partial charge in [-0.2, -0.15) is 18.3 Å². The van der Waals surface area contributed by atoms with E-state index in [1.54, 1.807) is 19.2 Å². The number of aromatic amines is 1. The number of nitrogens with zero attached hydrogens (tertiary/aromatic N) is 3. The Bertz CT molecular complexity index is 894. The van der Waals surface area contributed by atoms with Crippen LogP contribution in [0.4, 0.5) is 13.2 Å².